The third-order valence-electron chi connectivity index (χ3n) is 3.18. The van der Waals surface area contributed by atoms with Crippen molar-refractivity contribution >= 4 is 5.84 Å². The molecule has 0 aromatic rings. The second kappa shape index (κ2) is 3.44. The van der Waals surface area contributed by atoms with Crippen LogP contribution in [0.2, 0.25) is 0 Å². The van der Waals surface area contributed by atoms with Crippen LogP contribution in [0.3, 0.4) is 0 Å². The fraction of sp³-hybridized carbons (Fsp3) is 0.889. The SMILES string of the molecule is CC1CCC(C(=N)N)C(O)C1C. The fourth-order valence-corrected chi connectivity index (χ4v) is 1.92. The van der Waals surface area contributed by atoms with Crippen molar-refractivity contribution in [2.75, 3.05) is 0 Å². The maximum Gasteiger partial charge on any atom is 0.0963 e. The van der Waals surface area contributed by atoms with Crippen LogP contribution in [-0.4, -0.2) is 17.0 Å². The molecule has 0 aliphatic heterocycles. The molecular weight excluding hydrogens is 152 g/mol. The van der Waals surface area contributed by atoms with E-state index in [0.717, 1.165) is 12.8 Å². The Hall–Kier alpha value is -0.570. The number of nitrogens with one attached hydrogen (secondary N) is 1. The van der Waals surface area contributed by atoms with Crippen molar-refractivity contribution in [1.82, 2.24) is 0 Å². The van der Waals surface area contributed by atoms with Gasteiger partial charge in [-0.3, -0.25) is 5.41 Å². The summed E-state index contributed by atoms with van der Waals surface area (Å²) < 4.78 is 0. The van der Waals surface area contributed by atoms with Crippen LogP contribution in [0.25, 0.3) is 0 Å². The summed E-state index contributed by atoms with van der Waals surface area (Å²) in [5.74, 6) is 0.862. The van der Waals surface area contributed by atoms with Gasteiger partial charge in [-0.1, -0.05) is 13.8 Å². The Labute approximate surface area is 73.5 Å². The highest BCUT2D eigenvalue weighted by Gasteiger charge is 2.34. The van der Waals surface area contributed by atoms with Gasteiger partial charge in [-0.25, -0.2) is 0 Å². The van der Waals surface area contributed by atoms with Crippen LogP contribution < -0.4 is 5.73 Å². The molecule has 3 nitrogen and oxygen atoms in total. The Morgan fingerprint density at radius 2 is 2.00 bits per heavy atom. The molecule has 0 saturated heterocycles. The van der Waals surface area contributed by atoms with E-state index >= 15 is 0 Å². The van der Waals surface area contributed by atoms with Gasteiger partial charge >= 0.3 is 0 Å². The number of hydrogen-bond acceptors (Lipinski definition) is 2. The van der Waals surface area contributed by atoms with Gasteiger partial charge in [0.15, 0.2) is 0 Å². The third kappa shape index (κ3) is 1.61. The smallest absolute Gasteiger partial charge is 0.0963 e. The molecule has 1 fully saturated rings. The summed E-state index contributed by atoms with van der Waals surface area (Å²) in [7, 11) is 0. The van der Waals surface area contributed by atoms with Crippen LogP contribution in [0.5, 0.6) is 0 Å². The molecular formula is C9H18N2O. The molecule has 1 aliphatic rings. The highest BCUT2D eigenvalue weighted by Crippen LogP contribution is 2.33. The predicted molar refractivity (Wildman–Crippen MR) is 49.0 cm³/mol. The van der Waals surface area contributed by atoms with Gasteiger partial charge < -0.3 is 10.8 Å². The lowest BCUT2D eigenvalue weighted by Crippen LogP contribution is -2.42. The van der Waals surface area contributed by atoms with Gasteiger partial charge in [-0.15, -0.1) is 0 Å². The maximum atomic E-state index is 9.76. The van der Waals surface area contributed by atoms with Gasteiger partial charge in [0.05, 0.1) is 11.9 Å². The zero-order valence-electron chi connectivity index (χ0n) is 7.75. The first-order valence-electron chi connectivity index (χ1n) is 4.56. The number of rotatable bonds is 1. The number of aliphatic hydroxyl groups is 1. The molecule has 4 atom stereocenters. The lowest BCUT2D eigenvalue weighted by molar-refractivity contribution is 0.0234. The van der Waals surface area contributed by atoms with E-state index in [4.69, 9.17) is 11.1 Å². The summed E-state index contributed by atoms with van der Waals surface area (Å²) in [5, 5.41) is 17.1. The van der Waals surface area contributed by atoms with Gasteiger partial charge in [-0.05, 0) is 24.7 Å². The topological polar surface area (TPSA) is 70.1 Å². The molecule has 4 N–H and O–H groups in total. The zero-order chi connectivity index (χ0) is 9.30. The Bertz CT molecular complexity index is 181. The average molecular weight is 170 g/mol. The van der Waals surface area contributed by atoms with Gasteiger partial charge in [0.2, 0.25) is 0 Å². The normalized spacial score (nSPS) is 42.6. The van der Waals surface area contributed by atoms with E-state index in [9.17, 15) is 5.11 Å². The maximum absolute atomic E-state index is 9.76. The molecule has 0 aromatic carbocycles. The number of hydrogen-bond donors (Lipinski definition) is 3. The Morgan fingerprint density at radius 1 is 1.42 bits per heavy atom. The number of aliphatic hydroxyl groups excluding tert-OH is 1. The fourth-order valence-electron chi connectivity index (χ4n) is 1.92. The third-order valence-corrected chi connectivity index (χ3v) is 3.18. The van der Waals surface area contributed by atoms with E-state index in [-0.39, 0.29) is 17.7 Å². The highest BCUT2D eigenvalue weighted by atomic mass is 16.3. The average Bonchev–Trinajstić information content (AvgIpc) is 2.00. The van der Waals surface area contributed by atoms with Crippen molar-refractivity contribution in [3.8, 4) is 0 Å². The van der Waals surface area contributed by atoms with E-state index in [0.29, 0.717) is 5.92 Å². The monoisotopic (exact) mass is 170 g/mol. The second-order valence-corrected chi connectivity index (χ2v) is 3.97. The number of amidine groups is 1. The molecule has 0 spiro atoms. The van der Waals surface area contributed by atoms with Crippen LogP contribution in [-0.2, 0) is 0 Å². The first-order valence-corrected chi connectivity index (χ1v) is 4.56. The molecule has 1 rings (SSSR count). The van der Waals surface area contributed by atoms with E-state index in [2.05, 4.69) is 6.92 Å². The molecule has 0 bridgehead atoms. The molecule has 3 heteroatoms. The summed E-state index contributed by atoms with van der Waals surface area (Å²) in [6.45, 7) is 4.18. The minimum Gasteiger partial charge on any atom is -0.392 e. The molecule has 0 aromatic heterocycles. The molecule has 0 amide bonds. The van der Waals surface area contributed by atoms with Crippen molar-refractivity contribution in [1.29, 1.82) is 5.41 Å². The summed E-state index contributed by atoms with van der Waals surface area (Å²) in [5.41, 5.74) is 5.39. The first-order chi connectivity index (χ1) is 5.54. The molecule has 1 aliphatic carbocycles. The summed E-state index contributed by atoms with van der Waals surface area (Å²) in [6.07, 6.45) is 1.52. The van der Waals surface area contributed by atoms with E-state index in [1.54, 1.807) is 0 Å². The van der Waals surface area contributed by atoms with E-state index in [1.165, 1.54) is 0 Å². The van der Waals surface area contributed by atoms with Crippen LogP contribution in [0.15, 0.2) is 0 Å². The molecule has 4 unspecified atom stereocenters. The van der Waals surface area contributed by atoms with Crippen LogP contribution in [0.4, 0.5) is 0 Å². The van der Waals surface area contributed by atoms with Crippen molar-refractivity contribution < 1.29 is 5.11 Å². The van der Waals surface area contributed by atoms with Gasteiger partial charge in [0, 0.05) is 5.92 Å². The molecule has 1 saturated carbocycles. The minimum absolute atomic E-state index is 0.101. The van der Waals surface area contributed by atoms with Crippen LogP contribution in [0, 0.1) is 23.2 Å². The second-order valence-electron chi connectivity index (χ2n) is 3.97. The summed E-state index contributed by atoms with van der Waals surface area (Å²) in [4.78, 5) is 0. The van der Waals surface area contributed by atoms with Crippen molar-refractivity contribution in [3.63, 3.8) is 0 Å². The Morgan fingerprint density at radius 3 is 2.50 bits per heavy atom. The largest absolute Gasteiger partial charge is 0.392 e. The lowest BCUT2D eigenvalue weighted by atomic mass is 9.73. The number of nitrogens with two attached hydrogens (primary N) is 1. The summed E-state index contributed by atoms with van der Waals surface area (Å²) >= 11 is 0. The summed E-state index contributed by atoms with van der Waals surface area (Å²) in [6, 6.07) is 0. The van der Waals surface area contributed by atoms with E-state index < -0.39 is 6.10 Å². The predicted octanol–water partition coefficient (Wildman–Crippen LogP) is 0.965. The van der Waals surface area contributed by atoms with Gasteiger partial charge in [-0.2, -0.15) is 0 Å². The molecule has 0 radical (unpaired) electrons. The van der Waals surface area contributed by atoms with Gasteiger partial charge in [0.1, 0.15) is 0 Å². The van der Waals surface area contributed by atoms with Crippen molar-refractivity contribution in [3.05, 3.63) is 0 Å². The quantitative estimate of drug-likeness (QED) is 0.405. The molecule has 70 valence electrons. The molecule has 0 heterocycles. The zero-order valence-corrected chi connectivity index (χ0v) is 7.75. The first kappa shape index (κ1) is 9.52. The van der Waals surface area contributed by atoms with Crippen molar-refractivity contribution in [2.24, 2.45) is 23.5 Å². The highest BCUT2D eigenvalue weighted by molar-refractivity contribution is 5.80. The minimum atomic E-state index is -0.411. The van der Waals surface area contributed by atoms with Crippen molar-refractivity contribution in [2.45, 2.75) is 32.8 Å². The lowest BCUT2D eigenvalue weighted by Gasteiger charge is -2.36. The van der Waals surface area contributed by atoms with E-state index in [1.807, 2.05) is 6.92 Å². The Kier molecular flexibility index (Phi) is 2.73. The van der Waals surface area contributed by atoms with Crippen LogP contribution >= 0.6 is 0 Å². The Balaban J connectivity index is 2.65. The standard InChI is InChI=1S/C9H18N2O/c1-5-3-4-7(9(10)11)8(12)6(5)2/h5-8,12H,3-4H2,1-2H3,(H3,10,11). The molecule has 12 heavy (non-hydrogen) atoms. The van der Waals surface area contributed by atoms with Crippen LogP contribution in [0.1, 0.15) is 26.7 Å². The van der Waals surface area contributed by atoms with Gasteiger partial charge in [0.25, 0.3) is 0 Å².